The second-order valence-corrected chi connectivity index (χ2v) is 5.54. The summed E-state index contributed by atoms with van der Waals surface area (Å²) in [7, 11) is 0. The van der Waals surface area contributed by atoms with Gasteiger partial charge in [0.05, 0.1) is 0 Å². The van der Waals surface area contributed by atoms with E-state index in [1.165, 1.54) is 58.2 Å². The summed E-state index contributed by atoms with van der Waals surface area (Å²) in [4.78, 5) is 22.2. The number of aliphatic carboxylic acids is 2. The highest BCUT2D eigenvalue weighted by Gasteiger charge is 2.02. The molecule has 5 heteroatoms. The van der Waals surface area contributed by atoms with Gasteiger partial charge in [-0.25, -0.2) is 0 Å². The Balaban J connectivity index is 0. The van der Waals surface area contributed by atoms with Gasteiger partial charge in [0.15, 0.2) is 0 Å². The number of rotatable bonds is 13. The molecule has 0 aromatic carbocycles. The average Bonchev–Trinajstić information content (AvgIpc) is 2.46. The maximum Gasteiger partial charge on any atom is 0.303 e. The van der Waals surface area contributed by atoms with Crippen LogP contribution < -0.4 is 0 Å². The van der Waals surface area contributed by atoms with E-state index < -0.39 is 11.9 Å². The molecule has 0 amide bonds. The maximum absolute atomic E-state index is 9.79. The van der Waals surface area contributed by atoms with Crippen LogP contribution in [0.15, 0.2) is 0 Å². The van der Waals surface area contributed by atoms with E-state index >= 15 is 0 Å². The summed E-state index contributed by atoms with van der Waals surface area (Å²) < 4.78 is 0. The minimum absolute atomic E-state index is 0.0632. The number of hydrogen-bond acceptors (Lipinski definition) is 3. The van der Waals surface area contributed by atoms with Gasteiger partial charge in [-0.2, -0.15) is 0 Å². The van der Waals surface area contributed by atoms with Crippen molar-refractivity contribution in [2.24, 2.45) is 0 Å². The first kappa shape index (κ1) is 23.2. The molecule has 0 bridgehead atoms. The van der Waals surface area contributed by atoms with Gasteiger partial charge in [0.1, 0.15) is 0 Å². The molecule has 0 aromatic rings. The highest BCUT2D eigenvalue weighted by Crippen LogP contribution is 2.01. The number of carboxylic acid groups (broad SMARTS) is 2. The van der Waals surface area contributed by atoms with Gasteiger partial charge in [-0.1, -0.05) is 40.0 Å². The molecule has 0 aliphatic carbocycles. The standard InChI is InChI=1S/C12H27N.C5H8O4/c1-4-7-10-13(11-8-5-2)12-9-6-3;6-4(7)2-1-3-5(8)9/h4-12H2,1-3H3;1-3H2,(H,6,7)(H,8,9). The predicted molar refractivity (Wildman–Crippen MR) is 90.3 cm³/mol. The van der Waals surface area contributed by atoms with E-state index in [1.54, 1.807) is 0 Å². The van der Waals surface area contributed by atoms with Gasteiger partial charge in [0.25, 0.3) is 0 Å². The zero-order chi connectivity index (χ0) is 17.2. The highest BCUT2D eigenvalue weighted by atomic mass is 16.4. The smallest absolute Gasteiger partial charge is 0.303 e. The average molecular weight is 317 g/mol. The van der Waals surface area contributed by atoms with E-state index in [0.29, 0.717) is 0 Å². The molecule has 0 rings (SSSR count). The van der Waals surface area contributed by atoms with Gasteiger partial charge in [0.2, 0.25) is 0 Å². The van der Waals surface area contributed by atoms with Gasteiger partial charge in [-0.05, 0) is 45.3 Å². The molecule has 0 atom stereocenters. The van der Waals surface area contributed by atoms with Crippen molar-refractivity contribution in [2.75, 3.05) is 19.6 Å². The monoisotopic (exact) mass is 317 g/mol. The SMILES string of the molecule is CCCCN(CCCC)CCCC.O=C(O)CCCC(=O)O. The van der Waals surface area contributed by atoms with Gasteiger partial charge < -0.3 is 15.1 Å². The molecule has 0 aliphatic rings. The number of nitrogens with zero attached hydrogens (tertiary/aromatic N) is 1. The quantitative estimate of drug-likeness (QED) is 0.536. The van der Waals surface area contributed by atoms with Crippen LogP contribution in [0.1, 0.15) is 78.6 Å². The number of unbranched alkanes of at least 4 members (excludes halogenated alkanes) is 3. The van der Waals surface area contributed by atoms with Crippen LogP contribution in [-0.2, 0) is 9.59 Å². The van der Waals surface area contributed by atoms with Crippen LogP contribution in [0.3, 0.4) is 0 Å². The molecule has 22 heavy (non-hydrogen) atoms. The van der Waals surface area contributed by atoms with E-state index in [2.05, 4.69) is 25.7 Å². The summed E-state index contributed by atoms with van der Waals surface area (Å²) in [6.07, 6.45) is 8.18. The first-order valence-electron chi connectivity index (χ1n) is 8.63. The highest BCUT2D eigenvalue weighted by molar-refractivity contribution is 5.69. The summed E-state index contributed by atoms with van der Waals surface area (Å²) in [5, 5.41) is 16.1. The van der Waals surface area contributed by atoms with Crippen LogP contribution >= 0.6 is 0 Å². The van der Waals surface area contributed by atoms with Crippen molar-refractivity contribution in [2.45, 2.75) is 78.6 Å². The van der Waals surface area contributed by atoms with E-state index in [4.69, 9.17) is 10.2 Å². The van der Waals surface area contributed by atoms with Crippen LogP contribution in [0.4, 0.5) is 0 Å². The fourth-order valence-electron chi connectivity index (χ4n) is 1.87. The Morgan fingerprint density at radius 3 is 1.23 bits per heavy atom. The molecule has 0 saturated carbocycles. The Hall–Kier alpha value is -1.10. The summed E-state index contributed by atoms with van der Waals surface area (Å²) in [5.41, 5.74) is 0. The van der Waals surface area contributed by atoms with Crippen LogP contribution in [0.2, 0.25) is 0 Å². The summed E-state index contributed by atoms with van der Waals surface area (Å²) in [5.74, 6) is -1.90. The molecule has 0 aliphatic heterocycles. The Morgan fingerprint density at radius 1 is 0.682 bits per heavy atom. The van der Waals surface area contributed by atoms with Crippen molar-refractivity contribution >= 4 is 11.9 Å². The minimum atomic E-state index is -0.948. The Morgan fingerprint density at radius 2 is 1.00 bits per heavy atom. The lowest BCUT2D eigenvalue weighted by molar-refractivity contribution is -0.138. The molecule has 0 aromatic heterocycles. The first-order chi connectivity index (χ1) is 10.5. The lowest BCUT2D eigenvalue weighted by atomic mass is 10.2. The zero-order valence-electron chi connectivity index (χ0n) is 14.6. The van der Waals surface area contributed by atoms with Gasteiger partial charge in [-0.3, -0.25) is 9.59 Å². The second kappa shape index (κ2) is 18.0. The fourth-order valence-corrected chi connectivity index (χ4v) is 1.87. The second-order valence-electron chi connectivity index (χ2n) is 5.54. The predicted octanol–water partition coefficient (Wildman–Crippen LogP) is 4.01. The Bertz CT molecular complexity index is 236. The van der Waals surface area contributed by atoms with Crippen LogP contribution in [-0.4, -0.2) is 46.7 Å². The normalized spacial score (nSPS) is 10.2. The zero-order valence-corrected chi connectivity index (χ0v) is 14.6. The number of carboxylic acids is 2. The molecule has 0 unspecified atom stereocenters. The van der Waals surface area contributed by atoms with Crippen molar-refractivity contribution < 1.29 is 19.8 Å². The molecular formula is C17H35NO4. The summed E-state index contributed by atoms with van der Waals surface area (Å²) in [6.45, 7) is 10.8. The third-order valence-corrected chi connectivity index (χ3v) is 3.26. The molecule has 0 fully saturated rings. The summed E-state index contributed by atoms with van der Waals surface area (Å²) >= 11 is 0. The topological polar surface area (TPSA) is 77.8 Å². The Labute approximate surface area is 135 Å². The van der Waals surface area contributed by atoms with Gasteiger partial charge in [-0.15, -0.1) is 0 Å². The fraction of sp³-hybridized carbons (Fsp3) is 0.882. The molecule has 0 spiro atoms. The van der Waals surface area contributed by atoms with E-state index in [1.807, 2.05) is 0 Å². The largest absolute Gasteiger partial charge is 0.481 e. The molecule has 0 heterocycles. The molecule has 0 saturated heterocycles. The third-order valence-electron chi connectivity index (χ3n) is 3.26. The minimum Gasteiger partial charge on any atom is -0.481 e. The van der Waals surface area contributed by atoms with Crippen LogP contribution in [0.25, 0.3) is 0 Å². The van der Waals surface area contributed by atoms with Crippen molar-refractivity contribution in [1.29, 1.82) is 0 Å². The molecule has 5 nitrogen and oxygen atoms in total. The lowest BCUT2D eigenvalue weighted by Crippen LogP contribution is -2.27. The number of hydrogen-bond donors (Lipinski definition) is 2. The summed E-state index contributed by atoms with van der Waals surface area (Å²) in [6, 6.07) is 0. The molecule has 132 valence electrons. The number of carbonyl (C=O) groups is 2. The van der Waals surface area contributed by atoms with Crippen LogP contribution in [0.5, 0.6) is 0 Å². The lowest BCUT2D eigenvalue weighted by Gasteiger charge is -2.21. The maximum atomic E-state index is 9.79. The van der Waals surface area contributed by atoms with Crippen molar-refractivity contribution in [3.05, 3.63) is 0 Å². The van der Waals surface area contributed by atoms with Crippen molar-refractivity contribution in [3.8, 4) is 0 Å². The molecule has 2 N–H and O–H groups in total. The van der Waals surface area contributed by atoms with Crippen molar-refractivity contribution in [1.82, 2.24) is 4.90 Å². The van der Waals surface area contributed by atoms with Crippen LogP contribution in [0, 0.1) is 0 Å². The Kier molecular flexibility index (Phi) is 18.9. The first-order valence-corrected chi connectivity index (χ1v) is 8.63. The molecule has 0 radical (unpaired) electrons. The van der Waals surface area contributed by atoms with Gasteiger partial charge >= 0.3 is 11.9 Å². The van der Waals surface area contributed by atoms with E-state index in [9.17, 15) is 9.59 Å². The van der Waals surface area contributed by atoms with E-state index in [-0.39, 0.29) is 19.3 Å². The molecular weight excluding hydrogens is 282 g/mol. The van der Waals surface area contributed by atoms with E-state index in [0.717, 1.165) is 0 Å². The van der Waals surface area contributed by atoms with Crippen molar-refractivity contribution in [3.63, 3.8) is 0 Å². The third kappa shape index (κ3) is 21.2. The van der Waals surface area contributed by atoms with Gasteiger partial charge in [0, 0.05) is 12.8 Å².